The molecule has 1 amide bonds. The maximum atomic E-state index is 12.3. The molecule has 0 saturated heterocycles. The molecule has 0 aromatic carbocycles. The van der Waals surface area contributed by atoms with E-state index in [1.807, 2.05) is 0 Å². The first-order valence-electron chi connectivity index (χ1n) is 6.95. The van der Waals surface area contributed by atoms with E-state index in [0.29, 0.717) is 0 Å². The second kappa shape index (κ2) is 4.14. The second-order valence-electron chi connectivity index (χ2n) is 6.19. The van der Waals surface area contributed by atoms with Gasteiger partial charge in [0.25, 0.3) is 0 Å². The number of fused-ring (bicyclic) bond motifs is 1. The van der Waals surface area contributed by atoms with Crippen LogP contribution in [0.4, 0.5) is 0 Å². The second-order valence-corrected chi connectivity index (χ2v) is 6.19. The van der Waals surface area contributed by atoms with Crippen LogP contribution in [0.25, 0.3) is 0 Å². The Balaban J connectivity index is 1.67. The molecule has 3 saturated carbocycles. The molecule has 0 spiro atoms. The Kier molecular flexibility index (Phi) is 2.72. The van der Waals surface area contributed by atoms with Crippen molar-refractivity contribution in [2.24, 2.45) is 28.6 Å². The monoisotopic (exact) mass is 251 g/mol. The lowest BCUT2D eigenvalue weighted by Crippen LogP contribution is -2.57. The normalized spacial score (nSPS) is 37.3. The highest BCUT2D eigenvalue weighted by atomic mass is 16.4. The van der Waals surface area contributed by atoms with E-state index in [0.717, 1.165) is 50.4 Å². The number of rotatable bonds is 3. The first-order valence-corrected chi connectivity index (χ1v) is 6.95. The van der Waals surface area contributed by atoms with Gasteiger partial charge in [-0.2, -0.15) is 0 Å². The number of carbonyl (C=O) groups excluding carboxylic acids is 1. The van der Waals surface area contributed by atoms with Crippen LogP contribution in [0.2, 0.25) is 0 Å². The van der Waals surface area contributed by atoms with Gasteiger partial charge in [0.1, 0.15) is 5.54 Å². The smallest absolute Gasteiger partial charge is 0.223 e. The molecule has 4 N–H and O–H groups in total. The van der Waals surface area contributed by atoms with Crippen LogP contribution >= 0.6 is 0 Å². The number of nitrogens with zero attached hydrogens (tertiary/aromatic N) is 1. The number of nitrogens with one attached hydrogen (secondary N) is 1. The Bertz CT molecular complexity index is 378. The van der Waals surface area contributed by atoms with Crippen molar-refractivity contribution >= 4 is 11.7 Å². The highest BCUT2D eigenvalue weighted by molar-refractivity contribution is 5.94. The number of amidine groups is 1. The zero-order valence-corrected chi connectivity index (χ0v) is 10.6. The number of hydrogen-bond acceptors (Lipinski definition) is 3. The van der Waals surface area contributed by atoms with Crippen molar-refractivity contribution in [2.75, 3.05) is 0 Å². The maximum Gasteiger partial charge on any atom is 0.223 e. The molecule has 0 heterocycles. The summed E-state index contributed by atoms with van der Waals surface area (Å²) in [5.74, 6) is 2.01. The largest absolute Gasteiger partial charge is 0.409 e. The molecule has 0 radical (unpaired) electrons. The molecule has 2 atom stereocenters. The van der Waals surface area contributed by atoms with E-state index in [4.69, 9.17) is 10.9 Å². The van der Waals surface area contributed by atoms with Crippen molar-refractivity contribution < 1.29 is 10.0 Å². The Labute approximate surface area is 107 Å². The van der Waals surface area contributed by atoms with Crippen LogP contribution in [-0.4, -0.2) is 22.5 Å². The first kappa shape index (κ1) is 11.8. The Morgan fingerprint density at radius 1 is 1.22 bits per heavy atom. The predicted molar refractivity (Wildman–Crippen MR) is 67.1 cm³/mol. The Morgan fingerprint density at radius 2 is 1.83 bits per heavy atom. The molecule has 0 aromatic rings. The molecule has 3 rings (SSSR count). The summed E-state index contributed by atoms with van der Waals surface area (Å²) in [7, 11) is 0. The molecule has 0 aliphatic heterocycles. The minimum Gasteiger partial charge on any atom is -0.409 e. The fourth-order valence-electron chi connectivity index (χ4n) is 3.79. The summed E-state index contributed by atoms with van der Waals surface area (Å²) in [6.45, 7) is 0. The molecular weight excluding hydrogens is 230 g/mol. The van der Waals surface area contributed by atoms with E-state index in [2.05, 4.69) is 10.5 Å². The SMILES string of the molecule is NC(=NO)C1(NC(=O)C2CC3CC3C2)CCCC1. The highest BCUT2D eigenvalue weighted by Crippen LogP contribution is 2.54. The van der Waals surface area contributed by atoms with E-state index >= 15 is 0 Å². The third kappa shape index (κ3) is 1.85. The van der Waals surface area contributed by atoms with Gasteiger partial charge in [-0.1, -0.05) is 18.0 Å². The Morgan fingerprint density at radius 3 is 2.39 bits per heavy atom. The molecule has 100 valence electrons. The van der Waals surface area contributed by atoms with Gasteiger partial charge in [-0.3, -0.25) is 4.79 Å². The van der Waals surface area contributed by atoms with Gasteiger partial charge in [-0.25, -0.2) is 0 Å². The summed E-state index contributed by atoms with van der Waals surface area (Å²) < 4.78 is 0. The first-order chi connectivity index (χ1) is 8.64. The van der Waals surface area contributed by atoms with Crippen molar-refractivity contribution in [2.45, 2.75) is 50.5 Å². The van der Waals surface area contributed by atoms with Gasteiger partial charge in [-0.15, -0.1) is 0 Å². The van der Waals surface area contributed by atoms with Crippen LogP contribution in [0.3, 0.4) is 0 Å². The number of oxime groups is 1. The molecule has 3 aliphatic carbocycles. The average molecular weight is 251 g/mol. The predicted octanol–water partition coefficient (Wildman–Crippen LogP) is 1.21. The number of nitrogens with two attached hydrogens (primary N) is 1. The van der Waals surface area contributed by atoms with Gasteiger partial charge in [0.15, 0.2) is 5.84 Å². The van der Waals surface area contributed by atoms with Crippen molar-refractivity contribution in [3.63, 3.8) is 0 Å². The van der Waals surface area contributed by atoms with Gasteiger partial charge in [0.05, 0.1) is 0 Å². The van der Waals surface area contributed by atoms with Gasteiger partial charge in [-0.05, 0) is 43.9 Å². The van der Waals surface area contributed by atoms with E-state index in [-0.39, 0.29) is 17.7 Å². The van der Waals surface area contributed by atoms with Crippen LogP contribution in [0.1, 0.15) is 44.9 Å². The zero-order valence-electron chi connectivity index (χ0n) is 10.6. The molecule has 0 bridgehead atoms. The standard InChI is InChI=1S/C13H21N3O2/c14-12(16-18)13(3-1-2-4-13)15-11(17)10-6-8-5-9(8)7-10/h8-10,18H,1-7H2,(H2,14,16)(H,15,17). The molecule has 2 unspecified atom stereocenters. The lowest BCUT2D eigenvalue weighted by atomic mass is 9.93. The molecule has 5 heteroatoms. The van der Waals surface area contributed by atoms with Gasteiger partial charge in [0.2, 0.25) is 5.91 Å². The summed E-state index contributed by atoms with van der Waals surface area (Å²) in [6.07, 6.45) is 6.99. The van der Waals surface area contributed by atoms with E-state index in [1.165, 1.54) is 6.42 Å². The van der Waals surface area contributed by atoms with Crippen LogP contribution < -0.4 is 11.1 Å². The van der Waals surface area contributed by atoms with Crippen LogP contribution in [0.5, 0.6) is 0 Å². The summed E-state index contributed by atoms with van der Waals surface area (Å²) in [6, 6.07) is 0. The molecule has 3 aliphatic rings. The fourth-order valence-corrected chi connectivity index (χ4v) is 3.79. The lowest BCUT2D eigenvalue weighted by Gasteiger charge is -2.30. The minimum absolute atomic E-state index is 0.107. The number of amides is 1. The van der Waals surface area contributed by atoms with Crippen molar-refractivity contribution in [3.05, 3.63) is 0 Å². The average Bonchev–Trinajstić information content (AvgIpc) is 2.82. The van der Waals surface area contributed by atoms with Gasteiger partial charge >= 0.3 is 0 Å². The lowest BCUT2D eigenvalue weighted by molar-refractivity contribution is -0.126. The van der Waals surface area contributed by atoms with Crippen molar-refractivity contribution in [1.29, 1.82) is 0 Å². The van der Waals surface area contributed by atoms with Crippen molar-refractivity contribution in [1.82, 2.24) is 5.32 Å². The highest BCUT2D eigenvalue weighted by Gasteiger charge is 2.49. The van der Waals surface area contributed by atoms with Crippen molar-refractivity contribution in [3.8, 4) is 0 Å². The summed E-state index contributed by atoms with van der Waals surface area (Å²) in [5.41, 5.74) is 5.20. The molecule has 18 heavy (non-hydrogen) atoms. The van der Waals surface area contributed by atoms with Gasteiger partial charge < -0.3 is 16.3 Å². The topological polar surface area (TPSA) is 87.7 Å². The number of hydrogen-bond donors (Lipinski definition) is 3. The van der Waals surface area contributed by atoms with E-state index in [9.17, 15) is 4.79 Å². The van der Waals surface area contributed by atoms with E-state index in [1.54, 1.807) is 0 Å². The molecule has 5 nitrogen and oxygen atoms in total. The van der Waals surface area contributed by atoms with Crippen LogP contribution in [-0.2, 0) is 4.79 Å². The fraction of sp³-hybridized carbons (Fsp3) is 0.846. The maximum absolute atomic E-state index is 12.3. The third-order valence-corrected chi connectivity index (χ3v) is 5.03. The summed E-state index contributed by atoms with van der Waals surface area (Å²) in [4.78, 5) is 12.3. The molecule has 3 fully saturated rings. The van der Waals surface area contributed by atoms with Gasteiger partial charge in [0, 0.05) is 5.92 Å². The minimum atomic E-state index is -0.585. The zero-order chi connectivity index (χ0) is 12.8. The summed E-state index contributed by atoms with van der Waals surface area (Å²) >= 11 is 0. The van der Waals surface area contributed by atoms with Crippen LogP contribution in [0.15, 0.2) is 5.16 Å². The third-order valence-electron chi connectivity index (χ3n) is 5.03. The summed E-state index contributed by atoms with van der Waals surface area (Å²) in [5, 5.41) is 15.1. The molecular formula is C13H21N3O2. The Hall–Kier alpha value is -1.26. The van der Waals surface area contributed by atoms with Crippen LogP contribution in [0, 0.1) is 17.8 Å². The molecule has 0 aromatic heterocycles. The quantitative estimate of drug-likeness (QED) is 0.305. The number of carbonyl (C=O) groups is 1. The van der Waals surface area contributed by atoms with E-state index < -0.39 is 5.54 Å².